The van der Waals surface area contributed by atoms with Gasteiger partial charge in [-0.05, 0) is 17.5 Å². The molecule has 1 rings (SSSR count). The van der Waals surface area contributed by atoms with Crippen molar-refractivity contribution in [1.82, 2.24) is 4.98 Å². The van der Waals surface area contributed by atoms with Crippen molar-refractivity contribution in [2.45, 2.75) is 6.42 Å². The number of pyridine rings is 1. The molecule has 0 unspecified atom stereocenters. The van der Waals surface area contributed by atoms with Gasteiger partial charge in [0.1, 0.15) is 0 Å². The van der Waals surface area contributed by atoms with Crippen molar-refractivity contribution in [2.24, 2.45) is 0 Å². The molecule has 1 heterocycles. The van der Waals surface area contributed by atoms with Gasteiger partial charge in [-0.1, -0.05) is 6.07 Å². The monoisotopic (exact) mass is 160 g/mol. The molecule has 0 aliphatic rings. The van der Waals surface area contributed by atoms with E-state index in [-0.39, 0.29) is 0 Å². The zero-order valence-electron chi connectivity index (χ0n) is 6.45. The summed E-state index contributed by atoms with van der Waals surface area (Å²) < 4.78 is 0. The molecule has 12 heavy (non-hydrogen) atoms. The van der Waals surface area contributed by atoms with Crippen molar-refractivity contribution in [2.75, 3.05) is 0 Å². The van der Waals surface area contributed by atoms with E-state index in [9.17, 15) is 4.79 Å². The summed E-state index contributed by atoms with van der Waals surface area (Å²) >= 11 is 0. The second-order valence-corrected chi connectivity index (χ2v) is 2.31. The van der Waals surface area contributed by atoms with Crippen molar-refractivity contribution in [3.8, 4) is 0 Å². The first-order valence-corrected chi connectivity index (χ1v) is 3.49. The predicted octanol–water partition coefficient (Wildman–Crippen LogP) is 0.998. The molecule has 0 aliphatic carbocycles. The van der Waals surface area contributed by atoms with Gasteiger partial charge in [0.25, 0.3) is 0 Å². The van der Waals surface area contributed by atoms with Gasteiger partial charge in [0.05, 0.1) is 5.57 Å². The van der Waals surface area contributed by atoms with Gasteiger partial charge in [-0.25, -0.2) is 0 Å². The molecule has 0 fully saturated rings. The molecule has 1 aromatic heterocycles. The van der Waals surface area contributed by atoms with Crippen LogP contribution in [0, 0.1) is 5.41 Å². The Labute approximate surface area is 70.3 Å². The van der Waals surface area contributed by atoms with E-state index < -0.39 is 0 Å². The highest BCUT2D eigenvalue weighted by Crippen LogP contribution is 2.01. The Morgan fingerprint density at radius 2 is 2.58 bits per heavy atom. The minimum atomic E-state index is 0.336. The zero-order valence-corrected chi connectivity index (χ0v) is 6.45. The third-order valence-corrected chi connectivity index (χ3v) is 1.42. The third-order valence-electron chi connectivity index (χ3n) is 1.42. The number of carbonyl (C=O) groups is 1. The number of hydrogen-bond acceptors (Lipinski definition) is 3. The maximum Gasteiger partial charge on any atom is 0.155 e. The molecular formula is C9H8N2O. The van der Waals surface area contributed by atoms with Crippen molar-refractivity contribution < 1.29 is 4.79 Å². The number of nitrogens with one attached hydrogen (secondary N) is 1. The molecule has 3 nitrogen and oxygen atoms in total. The molecular weight excluding hydrogens is 152 g/mol. The predicted molar refractivity (Wildman–Crippen MR) is 45.2 cm³/mol. The maximum atomic E-state index is 10.3. The number of aromatic nitrogens is 1. The van der Waals surface area contributed by atoms with Crippen molar-refractivity contribution >= 4 is 12.2 Å². The standard InChI is InChI=1S/C9H8N2O/c10-5-9(7-12)4-8-2-1-3-11-6-8/h1-3,6-7,10H,4H2. The summed E-state index contributed by atoms with van der Waals surface area (Å²) in [6.45, 7) is 0. The van der Waals surface area contributed by atoms with Gasteiger partial charge in [-0.2, -0.15) is 0 Å². The van der Waals surface area contributed by atoms with Gasteiger partial charge >= 0.3 is 0 Å². The summed E-state index contributed by atoms with van der Waals surface area (Å²) in [5, 5.41) is 6.77. The molecule has 0 amide bonds. The van der Waals surface area contributed by atoms with Gasteiger partial charge in [-0.3, -0.25) is 15.2 Å². The fourth-order valence-corrected chi connectivity index (χ4v) is 0.838. The molecule has 0 saturated heterocycles. The zero-order chi connectivity index (χ0) is 8.81. The van der Waals surface area contributed by atoms with Crippen molar-refractivity contribution in [1.29, 1.82) is 5.41 Å². The molecule has 1 N–H and O–H groups in total. The number of rotatable bonds is 3. The van der Waals surface area contributed by atoms with Crippen LogP contribution in [-0.4, -0.2) is 17.1 Å². The molecule has 0 aliphatic heterocycles. The highest BCUT2D eigenvalue weighted by atomic mass is 16.1. The highest BCUT2D eigenvalue weighted by molar-refractivity contribution is 5.86. The average molecular weight is 160 g/mol. The van der Waals surface area contributed by atoms with Crippen LogP contribution in [0.15, 0.2) is 30.1 Å². The molecule has 0 aromatic carbocycles. The fourth-order valence-electron chi connectivity index (χ4n) is 0.838. The van der Waals surface area contributed by atoms with E-state index in [0.29, 0.717) is 18.3 Å². The highest BCUT2D eigenvalue weighted by Gasteiger charge is 1.96. The van der Waals surface area contributed by atoms with E-state index in [1.54, 1.807) is 18.5 Å². The maximum absolute atomic E-state index is 10.3. The first-order chi connectivity index (χ1) is 5.86. The Morgan fingerprint density at radius 3 is 3.08 bits per heavy atom. The second-order valence-electron chi connectivity index (χ2n) is 2.31. The number of nitrogens with zero attached hydrogens (tertiary/aromatic N) is 1. The Morgan fingerprint density at radius 1 is 1.75 bits per heavy atom. The van der Waals surface area contributed by atoms with Gasteiger partial charge in [0.2, 0.25) is 0 Å². The molecule has 0 saturated carbocycles. The number of aldehydes is 1. The quantitative estimate of drug-likeness (QED) is 0.407. The van der Waals surface area contributed by atoms with Crippen LogP contribution in [0.2, 0.25) is 0 Å². The topological polar surface area (TPSA) is 53.8 Å². The minimum absolute atomic E-state index is 0.336. The Kier molecular flexibility index (Phi) is 2.94. The summed E-state index contributed by atoms with van der Waals surface area (Å²) in [7, 11) is 0. The fraction of sp³-hybridized carbons (Fsp3) is 0.111. The van der Waals surface area contributed by atoms with Crippen molar-refractivity contribution in [3.05, 3.63) is 35.7 Å². The minimum Gasteiger partial charge on any atom is -0.297 e. The number of allylic oxidation sites excluding steroid dienone is 1. The molecule has 0 radical (unpaired) electrons. The molecule has 0 bridgehead atoms. The molecule has 1 aromatic rings. The normalized spacial score (nSPS) is 8.67. The number of hydrogen-bond donors (Lipinski definition) is 1. The van der Waals surface area contributed by atoms with Gasteiger partial charge < -0.3 is 0 Å². The van der Waals surface area contributed by atoms with Crippen LogP contribution in [0.3, 0.4) is 0 Å². The van der Waals surface area contributed by atoms with Crippen LogP contribution < -0.4 is 0 Å². The van der Waals surface area contributed by atoms with Crippen LogP contribution in [0.1, 0.15) is 5.56 Å². The Balaban J connectivity index is 2.77. The summed E-state index contributed by atoms with van der Waals surface area (Å²) in [5.74, 6) is 2.07. The van der Waals surface area contributed by atoms with E-state index >= 15 is 0 Å². The van der Waals surface area contributed by atoms with Crippen LogP contribution in [0.25, 0.3) is 0 Å². The first-order valence-electron chi connectivity index (χ1n) is 3.49. The molecule has 0 atom stereocenters. The lowest BCUT2D eigenvalue weighted by Gasteiger charge is -1.95. The van der Waals surface area contributed by atoms with E-state index in [4.69, 9.17) is 5.41 Å². The van der Waals surface area contributed by atoms with Crippen LogP contribution >= 0.6 is 0 Å². The first kappa shape index (κ1) is 8.37. The van der Waals surface area contributed by atoms with E-state index in [2.05, 4.69) is 10.9 Å². The van der Waals surface area contributed by atoms with E-state index in [0.717, 1.165) is 5.56 Å². The van der Waals surface area contributed by atoms with Gasteiger partial charge in [0, 0.05) is 18.8 Å². The van der Waals surface area contributed by atoms with Gasteiger partial charge in [-0.15, -0.1) is 0 Å². The lowest BCUT2D eigenvalue weighted by Crippen LogP contribution is -1.92. The summed E-state index contributed by atoms with van der Waals surface area (Å²) in [5.41, 5.74) is 1.25. The van der Waals surface area contributed by atoms with Crippen molar-refractivity contribution in [3.63, 3.8) is 0 Å². The SMILES string of the molecule is N=C=C(C=O)Cc1cccnc1. The summed E-state index contributed by atoms with van der Waals surface area (Å²) in [6.07, 6.45) is 4.40. The lowest BCUT2D eigenvalue weighted by atomic mass is 10.1. The Bertz CT molecular complexity index is 313. The second kappa shape index (κ2) is 4.21. The van der Waals surface area contributed by atoms with Crippen LogP contribution in [0.5, 0.6) is 0 Å². The number of carbonyl (C=O) groups excluding carboxylic acids is 1. The van der Waals surface area contributed by atoms with Gasteiger partial charge in [0.15, 0.2) is 6.29 Å². The summed E-state index contributed by atoms with van der Waals surface area (Å²) in [6, 6.07) is 3.65. The van der Waals surface area contributed by atoms with E-state index in [1.807, 2.05) is 6.07 Å². The largest absolute Gasteiger partial charge is 0.297 e. The summed E-state index contributed by atoms with van der Waals surface area (Å²) in [4.78, 5) is 14.2. The van der Waals surface area contributed by atoms with Crippen LogP contribution in [0.4, 0.5) is 0 Å². The average Bonchev–Trinajstić information content (AvgIpc) is 2.16. The Hall–Kier alpha value is -1.73. The molecule has 3 heteroatoms. The van der Waals surface area contributed by atoms with E-state index in [1.165, 1.54) is 0 Å². The third kappa shape index (κ3) is 2.15. The molecule has 0 spiro atoms. The molecule has 60 valence electrons. The smallest absolute Gasteiger partial charge is 0.155 e. The van der Waals surface area contributed by atoms with Crippen LogP contribution in [-0.2, 0) is 11.2 Å². The lowest BCUT2D eigenvalue weighted by molar-refractivity contribution is -0.104.